The average molecular weight is 384 g/mol. The first-order valence-corrected chi connectivity index (χ1v) is 7.93. The highest BCUT2D eigenvalue weighted by Gasteiger charge is 2.45. The summed E-state index contributed by atoms with van der Waals surface area (Å²) in [4.78, 5) is 11.8. The zero-order chi connectivity index (χ0) is 19.5. The standard InChI is InChI=1S/C13H14F3NO7S/c1-12(6-18,7-19)11(21)24-9-4-2-8(3-5-9)10(20)17-25(22,23)13(14,15)16/h2-5,18-19H,6-7H2,1H3,(H,17,20)/p-1. The van der Waals surface area contributed by atoms with Crippen molar-refractivity contribution in [3.05, 3.63) is 29.8 Å². The second-order valence-corrected chi connectivity index (χ2v) is 6.70. The lowest BCUT2D eigenvalue weighted by Crippen LogP contribution is -2.38. The summed E-state index contributed by atoms with van der Waals surface area (Å²) in [5, 5.41) is 29.6. The van der Waals surface area contributed by atoms with Crippen LogP contribution in [0.2, 0.25) is 0 Å². The molecule has 0 aliphatic carbocycles. The van der Waals surface area contributed by atoms with Crippen LogP contribution in [0, 0.1) is 5.41 Å². The van der Waals surface area contributed by atoms with Gasteiger partial charge in [0.2, 0.25) is 0 Å². The number of nitrogens with zero attached hydrogens (tertiary/aromatic N) is 1. The molecule has 0 heterocycles. The Hall–Kier alpha value is -2.18. The first kappa shape index (κ1) is 20.9. The van der Waals surface area contributed by atoms with Crippen LogP contribution in [0.25, 0.3) is 0 Å². The van der Waals surface area contributed by atoms with E-state index in [0.29, 0.717) is 0 Å². The van der Waals surface area contributed by atoms with E-state index in [4.69, 9.17) is 14.9 Å². The summed E-state index contributed by atoms with van der Waals surface area (Å²) in [5.41, 5.74) is -7.76. The summed E-state index contributed by atoms with van der Waals surface area (Å²) in [5.74, 6) is -2.78. The average Bonchev–Trinajstić information content (AvgIpc) is 2.53. The van der Waals surface area contributed by atoms with E-state index < -0.39 is 51.6 Å². The van der Waals surface area contributed by atoms with E-state index in [1.165, 1.54) is 6.92 Å². The minimum absolute atomic E-state index is 0.145. The molecule has 0 aliphatic rings. The highest BCUT2D eigenvalue weighted by Crippen LogP contribution is 2.25. The highest BCUT2D eigenvalue weighted by atomic mass is 32.2. The van der Waals surface area contributed by atoms with E-state index in [1.807, 2.05) is 0 Å². The number of hydrogen-bond donors (Lipinski definition) is 2. The van der Waals surface area contributed by atoms with Crippen molar-refractivity contribution in [3.8, 4) is 5.75 Å². The molecule has 0 radical (unpaired) electrons. The molecule has 0 aliphatic heterocycles. The number of carbonyl (C=O) groups excluding carboxylic acids is 1. The Morgan fingerprint density at radius 3 is 2.08 bits per heavy atom. The second-order valence-electron chi connectivity index (χ2n) is 5.11. The zero-order valence-electron chi connectivity index (χ0n) is 12.6. The third-order valence-corrected chi connectivity index (χ3v) is 3.99. The van der Waals surface area contributed by atoms with E-state index in [-0.39, 0.29) is 5.75 Å². The predicted molar refractivity (Wildman–Crippen MR) is 75.9 cm³/mol. The van der Waals surface area contributed by atoms with Crippen LogP contribution in [0.5, 0.6) is 5.75 Å². The van der Waals surface area contributed by atoms with Crippen LogP contribution in [0.3, 0.4) is 0 Å². The van der Waals surface area contributed by atoms with Gasteiger partial charge in [0.1, 0.15) is 11.2 Å². The van der Waals surface area contributed by atoms with E-state index in [1.54, 1.807) is 0 Å². The maximum Gasteiger partial charge on any atom is 0.518 e. The summed E-state index contributed by atoms with van der Waals surface area (Å²) in [6, 6.07) is 3.82. The number of halogens is 3. The van der Waals surface area contributed by atoms with E-state index in [0.717, 1.165) is 24.3 Å². The lowest BCUT2D eigenvalue weighted by atomic mass is 9.93. The first-order valence-electron chi connectivity index (χ1n) is 6.49. The Morgan fingerprint density at radius 1 is 1.20 bits per heavy atom. The van der Waals surface area contributed by atoms with Gasteiger partial charge in [-0.3, -0.25) is 4.79 Å². The molecule has 1 rings (SSSR count). The maximum atomic E-state index is 12.2. The molecule has 0 atom stereocenters. The number of ether oxygens (including phenoxy) is 1. The number of benzene rings is 1. The van der Waals surface area contributed by atoms with Crippen molar-refractivity contribution in [3.63, 3.8) is 0 Å². The molecule has 1 aromatic carbocycles. The van der Waals surface area contributed by atoms with Gasteiger partial charge in [0.05, 0.1) is 13.2 Å². The Balaban J connectivity index is 2.99. The van der Waals surface area contributed by atoms with Crippen LogP contribution >= 0.6 is 0 Å². The van der Waals surface area contributed by atoms with Crippen molar-refractivity contribution in [2.75, 3.05) is 13.2 Å². The molecule has 0 aromatic heterocycles. The fourth-order valence-electron chi connectivity index (χ4n) is 1.29. The number of esters is 1. The van der Waals surface area contributed by atoms with E-state index in [9.17, 15) is 31.5 Å². The predicted octanol–water partition coefficient (Wildman–Crippen LogP) is -0.461. The van der Waals surface area contributed by atoms with Crippen LogP contribution < -0.4 is 9.84 Å². The Bertz CT molecular complexity index is 753. The molecule has 0 amide bonds. The molecule has 2 N–H and O–H groups in total. The van der Waals surface area contributed by atoms with Crippen molar-refractivity contribution < 1.29 is 46.4 Å². The minimum atomic E-state index is -5.97. The number of hydrogen-bond acceptors (Lipinski definition) is 7. The fraction of sp³-hybridized carbons (Fsp3) is 0.385. The lowest BCUT2D eigenvalue weighted by molar-refractivity contribution is -0.212. The maximum absolute atomic E-state index is 12.2. The van der Waals surface area contributed by atoms with Gasteiger partial charge >= 0.3 is 21.5 Å². The number of aliphatic hydroxyl groups excluding tert-OH is 2. The summed E-state index contributed by atoms with van der Waals surface area (Å²) < 4.78 is 65.1. The molecule has 0 bridgehead atoms. The van der Waals surface area contributed by atoms with E-state index >= 15 is 0 Å². The van der Waals surface area contributed by atoms with Crippen LogP contribution in [0.4, 0.5) is 13.2 Å². The molecule has 140 valence electrons. The summed E-state index contributed by atoms with van der Waals surface area (Å²) in [6.07, 6.45) is 0. The van der Waals surface area contributed by atoms with Gasteiger partial charge in [0.25, 0.3) is 0 Å². The second kappa shape index (κ2) is 7.37. The molecule has 0 fully saturated rings. The number of carbonyl (C=O) groups is 1. The van der Waals surface area contributed by atoms with Crippen LogP contribution in [-0.4, -0.2) is 49.2 Å². The molecule has 0 saturated heterocycles. The number of aliphatic hydroxyl groups is 2. The van der Waals surface area contributed by atoms with Crippen molar-refractivity contribution in [2.45, 2.75) is 12.4 Å². The number of sulfonamides is 1. The van der Waals surface area contributed by atoms with Crippen LogP contribution in [0.15, 0.2) is 28.7 Å². The first-order chi connectivity index (χ1) is 11.4. The van der Waals surface area contributed by atoms with Gasteiger partial charge < -0.3 is 20.1 Å². The van der Waals surface area contributed by atoms with Gasteiger partial charge in [-0.2, -0.15) is 26.0 Å². The third-order valence-electron chi connectivity index (χ3n) is 3.00. The van der Waals surface area contributed by atoms with Crippen molar-refractivity contribution in [2.24, 2.45) is 9.81 Å². The Morgan fingerprint density at radius 2 is 1.68 bits per heavy atom. The minimum Gasteiger partial charge on any atom is -0.858 e. The van der Waals surface area contributed by atoms with Crippen molar-refractivity contribution in [1.29, 1.82) is 0 Å². The number of rotatable bonds is 6. The van der Waals surface area contributed by atoms with Crippen LogP contribution in [0.1, 0.15) is 12.5 Å². The molecule has 0 saturated carbocycles. The van der Waals surface area contributed by atoms with Crippen molar-refractivity contribution in [1.82, 2.24) is 0 Å². The van der Waals surface area contributed by atoms with E-state index in [2.05, 4.69) is 4.40 Å². The molecule has 0 spiro atoms. The third kappa shape index (κ3) is 4.90. The molecular weight excluding hydrogens is 371 g/mol. The highest BCUT2D eigenvalue weighted by molar-refractivity contribution is 7.91. The Kier molecular flexibility index (Phi) is 6.15. The van der Waals surface area contributed by atoms with Gasteiger partial charge in [0.15, 0.2) is 0 Å². The normalized spacial score (nSPS) is 13.6. The summed E-state index contributed by atoms with van der Waals surface area (Å²) in [7, 11) is -5.97. The number of alkyl halides is 3. The van der Waals surface area contributed by atoms with Gasteiger partial charge in [0, 0.05) is 5.90 Å². The van der Waals surface area contributed by atoms with Gasteiger partial charge in [-0.05, 0) is 24.6 Å². The molecule has 8 nitrogen and oxygen atoms in total. The molecule has 1 aromatic rings. The molecule has 0 unspecified atom stereocenters. The summed E-state index contributed by atoms with van der Waals surface area (Å²) >= 11 is 0. The van der Waals surface area contributed by atoms with Gasteiger partial charge in [-0.25, -0.2) is 0 Å². The molecular formula is C13H13F3NO7S-. The SMILES string of the molecule is CC(CO)(CO)C(=O)Oc1ccc(/C([O-])=N/S(=O)(=O)C(F)(F)F)cc1. The topological polar surface area (TPSA) is 136 Å². The lowest BCUT2D eigenvalue weighted by Gasteiger charge is -2.22. The fourth-order valence-corrected chi connectivity index (χ4v) is 1.72. The zero-order valence-corrected chi connectivity index (χ0v) is 13.5. The van der Waals surface area contributed by atoms with Gasteiger partial charge in [-0.15, -0.1) is 0 Å². The van der Waals surface area contributed by atoms with Crippen LogP contribution in [-0.2, 0) is 14.8 Å². The molecule has 12 heteroatoms. The largest absolute Gasteiger partial charge is 0.858 e. The monoisotopic (exact) mass is 384 g/mol. The Labute approximate surface area is 140 Å². The smallest absolute Gasteiger partial charge is 0.518 e. The molecule has 25 heavy (non-hydrogen) atoms. The van der Waals surface area contributed by atoms with Crippen molar-refractivity contribution >= 4 is 21.9 Å². The quantitative estimate of drug-likeness (QED) is 0.293. The summed E-state index contributed by atoms with van der Waals surface area (Å²) in [6.45, 7) is -0.172. The van der Waals surface area contributed by atoms with Gasteiger partial charge in [-0.1, -0.05) is 12.1 Å².